The summed E-state index contributed by atoms with van der Waals surface area (Å²) in [6.07, 6.45) is 0. The zero-order valence-corrected chi connectivity index (χ0v) is 19.0. The first-order chi connectivity index (χ1) is 16.8. The molecule has 0 aliphatic heterocycles. The van der Waals surface area contributed by atoms with E-state index in [4.69, 9.17) is 0 Å². The van der Waals surface area contributed by atoms with Gasteiger partial charge >= 0.3 is 0 Å². The van der Waals surface area contributed by atoms with Gasteiger partial charge in [-0.2, -0.15) is 0 Å². The molecule has 0 saturated carbocycles. The predicted octanol–water partition coefficient (Wildman–Crippen LogP) is 9.07. The van der Waals surface area contributed by atoms with E-state index in [-0.39, 0.29) is 0 Å². The Kier molecular flexibility index (Phi) is 4.13. The van der Waals surface area contributed by atoms with E-state index >= 15 is 0 Å². The second-order valence-electron chi connectivity index (χ2n) is 9.12. The summed E-state index contributed by atoms with van der Waals surface area (Å²) in [7, 11) is 0. The highest BCUT2D eigenvalue weighted by molar-refractivity contribution is 6.25. The number of hydrogen-bond acceptors (Lipinski definition) is 0. The molecule has 0 unspecified atom stereocenters. The van der Waals surface area contributed by atoms with E-state index in [1.807, 2.05) is 0 Å². The molecule has 0 radical (unpaired) electrons. The van der Waals surface area contributed by atoms with Gasteiger partial charge in [-0.15, -0.1) is 0 Å². The van der Waals surface area contributed by atoms with Crippen molar-refractivity contribution in [3.8, 4) is 16.8 Å². The van der Waals surface area contributed by atoms with E-state index in [0.29, 0.717) is 0 Å². The summed E-state index contributed by atoms with van der Waals surface area (Å²) in [5.74, 6) is 0. The lowest BCUT2D eigenvalue weighted by molar-refractivity contribution is 1.19. The molecule has 1 heterocycles. The summed E-state index contributed by atoms with van der Waals surface area (Å²) in [5.41, 5.74) is 7.44. The number of aryl methyl sites for hydroxylation is 1. The van der Waals surface area contributed by atoms with Crippen molar-refractivity contribution in [3.63, 3.8) is 0 Å². The third-order valence-corrected chi connectivity index (χ3v) is 7.03. The molecule has 0 amide bonds. The van der Waals surface area contributed by atoms with Gasteiger partial charge in [0.15, 0.2) is 0 Å². The van der Waals surface area contributed by atoms with Gasteiger partial charge in [0.2, 0.25) is 0 Å². The van der Waals surface area contributed by atoms with Crippen LogP contribution in [-0.2, 0) is 0 Å². The molecule has 0 atom stereocenters. The van der Waals surface area contributed by atoms with Crippen molar-refractivity contribution >= 4 is 43.4 Å². The molecule has 0 bridgehead atoms. The standard InChI is InChI=1S/C33H23N/c1-22-13-15-23(16-14-22)26-9-6-10-27(21-26)34-31-20-18-24-7-2-4-11-28(24)32(31)30-19-17-25-8-3-5-12-29(25)33(30)34/h2-21H,1H3. The molecule has 34 heavy (non-hydrogen) atoms. The number of fused-ring (bicyclic) bond motifs is 7. The Balaban J connectivity index is 1.63. The van der Waals surface area contributed by atoms with Gasteiger partial charge in [-0.25, -0.2) is 0 Å². The number of benzene rings is 6. The van der Waals surface area contributed by atoms with Crippen molar-refractivity contribution in [2.75, 3.05) is 0 Å². The molecule has 7 aromatic rings. The van der Waals surface area contributed by atoms with Crippen LogP contribution in [0.15, 0.2) is 121 Å². The monoisotopic (exact) mass is 433 g/mol. The molecular weight excluding hydrogens is 410 g/mol. The maximum absolute atomic E-state index is 2.46. The third-order valence-electron chi connectivity index (χ3n) is 7.03. The van der Waals surface area contributed by atoms with Crippen LogP contribution in [0.3, 0.4) is 0 Å². The van der Waals surface area contributed by atoms with Crippen molar-refractivity contribution in [2.24, 2.45) is 0 Å². The lowest BCUT2D eigenvalue weighted by Gasteiger charge is -2.12. The van der Waals surface area contributed by atoms with Gasteiger partial charge in [0.05, 0.1) is 11.0 Å². The van der Waals surface area contributed by atoms with Crippen LogP contribution >= 0.6 is 0 Å². The van der Waals surface area contributed by atoms with Gasteiger partial charge in [0.25, 0.3) is 0 Å². The molecule has 0 fully saturated rings. The van der Waals surface area contributed by atoms with Crippen molar-refractivity contribution in [2.45, 2.75) is 6.92 Å². The molecule has 0 aliphatic rings. The van der Waals surface area contributed by atoms with Crippen molar-refractivity contribution in [1.29, 1.82) is 0 Å². The fourth-order valence-electron chi connectivity index (χ4n) is 5.39. The number of nitrogens with zero attached hydrogens (tertiary/aromatic N) is 1. The molecule has 0 saturated heterocycles. The summed E-state index contributed by atoms with van der Waals surface area (Å²) in [4.78, 5) is 0. The molecule has 0 N–H and O–H groups in total. The largest absolute Gasteiger partial charge is 0.309 e. The van der Waals surface area contributed by atoms with Crippen LogP contribution in [-0.4, -0.2) is 4.57 Å². The molecule has 7 rings (SSSR count). The lowest BCUT2D eigenvalue weighted by Crippen LogP contribution is -1.95. The van der Waals surface area contributed by atoms with E-state index in [1.165, 1.54) is 65.7 Å². The van der Waals surface area contributed by atoms with Crippen LogP contribution in [0, 0.1) is 6.92 Å². The summed E-state index contributed by atoms with van der Waals surface area (Å²) in [6, 6.07) is 44.2. The van der Waals surface area contributed by atoms with Crippen LogP contribution < -0.4 is 0 Å². The number of aromatic nitrogens is 1. The number of hydrogen-bond donors (Lipinski definition) is 0. The van der Waals surface area contributed by atoms with Gasteiger partial charge < -0.3 is 4.57 Å². The van der Waals surface area contributed by atoms with E-state index < -0.39 is 0 Å². The van der Waals surface area contributed by atoms with Crippen LogP contribution in [0.2, 0.25) is 0 Å². The molecular formula is C33H23N. The van der Waals surface area contributed by atoms with Crippen LogP contribution in [0.4, 0.5) is 0 Å². The highest BCUT2D eigenvalue weighted by Crippen LogP contribution is 2.40. The summed E-state index contributed by atoms with van der Waals surface area (Å²) in [5, 5.41) is 7.73. The average molecular weight is 434 g/mol. The summed E-state index contributed by atoms with van der Waals surface area (Å²) in [6.45, 7) is 2.13. The third kappa shape index (κ3) is 2.80. The molecule has 6 aromatic carbocycles. The first kappa shape index (κ1) is 19.1. The maximum atomic E-state index is 2.46. The van der Waals surface area contributed by atoms with Gasteiger partial charge in [0, 0.05) is 21.8 Å². The Hall–Kier alpha value is -4.36. The second kappa shape index (κ2) is 7.33. The minimum Gasteiger partial charge on any atom is -0.309 e. The first-order valence-corrected chi connectivity index (χ1v) is 11.8. The van der Waals surface area contributed by atoms with Gasteiger partial charge in [-0.1, -0.05) is 109 Å². The summed E-state index contributed by atoms with van der Waals surface area (Å²) >= 11 is 0. The molecule has 1 aromatic heterocycles. The van der Waals surface area contributed by atoms with E-state index in [1.54, 1.807) is 0 Å². The Bertz CT molecular complexity index is 1850. The SMILES string of the molecule is Cc1ccc(-c2cccc(-n3c4ccc5ccccc5c4c4ccc5ccccc5c43)c2)cc1. The normalized spacial score (nSPS) is 11.7. The van der Waals surface area contributed by atoms with Crippen LogP contribution in [0.5, 0.6) is 0 Å². The highest BCUT2D eigenvalue weighted by atomic mass is 15.0. The topological polar surface area (TPSA) is 4.93 Å². The van der Waals surface area contributed by atoms with Crippen molar-refractivity contribution in [1.82, 2.24) is 4.57 Å². The van der Waals surface area contributed by atoms with Gasteiger partial charge in [-0.3, -0.25) is 0 Å². The second-order valence-corrected chi connectivity index (χ2v) is 9.12. The zero-order valence-electron chi connectivity index (χ0n) is 19.0. The van der Waals surface area contributed by atoms with Crippen molar-refractivity contribution < 1.29 is 0 Å². The molecule has 1 nitrogen and oxygen atoms in total. The van der Waals surface area contributed by atoms with E-state index in [0.717, 1.165) is 0 Å². The molecule has 160 valence electrons. The Morgan fingerprint density at radius 2 is 1.21 bits per heavy atom. The molecule has 1 heteroatoms. The zero-order chi connectivity index (χ0) is 22.6. The number of rotatable bonds is 2. The Morgan fingerprint density at radius 3 is 2.03 bits per heavy atom. The van der Waals surface area contributed by atoms with Gasteiger partial charge in [-0.05, 0) is 52.4 Å². The van der Waals surface area contributed by atoms with Crippen LogP contribution in [0.25, 0.3) is 60.2 Å². The minimum absolute atomic E-state index is 1.18. The smallest absolute Gasteiger partial charge is 0.0619 e. The molecule has 0 spiro atoms. The fourth-order valence-corrected chi connectivity index (χ4v) is 5.39. The maximum Gasteiger partial charge on any atom is 0.0619 e. The molecule has 0 aliphatic carbocycles. The van der Waals surface area contributed by atoms with Crippen LogP contribution in [0.1, 0.15) is 5.56 Å². The first-order valence-electron chi connectivity index (χ1n) is 11.8. The lowest BCUT2D eigenvalue weighted by atomic mass is 10.0. The summed E-state index contributed by atoms with van der Waals surface area (Å²) < 4.78 is 2.46. The average Bonchev–Trinajstić information content (AvgIpc) is 3.24. The Labute approximate surface area is 198 Å². The van der Waals surface area contributed by atoms with E-state index in [2.05, 4.69) is 133 Å². The minimum atomic E-state index is 1.18. The predicted molar refractivity (Wildman–Crippen MR) is 146 cm³/mol. The highest BCUT2D eigenvalue weighted by Gasteiger charge is 2.17. The van der Waals surface area contributed by atoms with Gasteiger partial charge in [0.1, 0.15) is 0 Å². The van der Waals surface area contributed by atoms with E-state index in [9.17, 15) is 0 Å². The quantitative estimate of drug-likeness (QED) is 0.256. The van der Waals surface area contributed by atoms with Crippen molar-refractivity contribution in [3.05, 3.63) is 127 Å². The Morgan fingerprint density at radius 1 is 0.500 bits per heavy atom. The fraction of sp³-hybridized carbons (Fsp3) is 0.0303.